The summed E-state index contributed by atoms with van der Waals surface area (Å²) in [5, 5.41) is 30.3. The number of benzene rings is 2. The summed E-state index contributed by atoms with van der Waals surface area (Å²) in [7, 11) is -8.26. The van der Waals surface area contributed by atoms with Gasteiger partial charge in [-0.3, -0.25) is 0 Å². The minimum atomic E-state index is -4.13. The molecular formula is C25H30N6O8S2. The molecule has 0 spiro atoms. The van der Waals surface area contributed by atoms with E-state index in [2.05, 4.69) is 29.0 Å². The van der Waals surface area contributed by atoms with Gasteiger partial charge >= 0.3 is 30.1 Å². The molecule has 220 valence electrons. The lowest BCUT2D eigenvalue weighted by Gasteiger charge is -2.05. The maximum atomic E-state index is 12.7. The van der Waals surface area contributed by atoms with Crippen LogP contribution in [0.15, 0.2) is 67.6 Å². The van der Waals surface area contributed by atoms with Gasteiger partial charge < -0.3 is 19.3 Å². The Morgan fingerprint density at radius 1 is 0.683 bits per heavy atom. The quantitative estimate of drug-likeness (QED) is 0.147. The molecule has 0 amide bonds. The van der Waals surface area contributed by atoms with Gasteiger partial charge in [-0.1, -0.05) is 51.0 Å². The molecule has 2 heterocycles. The van der Waals surface area contributed by atoms with Gasteiger partial charge in [0, 0.05) is 37.4 Å². The predicted molar refractivity (Wildman–Crippen MR) is 138 cm³/mol. The van der Waals surface area contributed by atoms with E-state index < -0.39 is 42.0 Å². The summed E-state index contributed by atoms with van der Waals surface area (Å²) >= 11 is 0. The van der Waals surface area contributed by atoms with Crippen molar-refractivity contribution in [3.05, 3.63) is 59.7 Å². The standard InChI is InChI=1S/C25H30N6O8S2/c1-3-5-15-26-40(34,35)22-24(32)38-28-30(22)20-11-7-18(8-12-20)17-19-9-13-21(14-10-19)31-23(25(33)39-29-31)41(36,37)27-16-6-4-2/h7-14,26-27H,3-6,15-17H2,1-2H3. The van der Waals surface area contributed by atoms with Crippen LogP contribution in [0.4, 0.5) is 0 Å². The average Bonchev–Trinajstić information content (AvgIpc) is 3.53. The van der Waals surface area contributed by atoms with Crippen LogP contribution >= 0.6 is 0 Å². The van der Waals surface area contributed by atoms with Gasteiger partial charge in [-0.05, 0) is 39.8 Å². The first-order valence-electron chi connectivity index (χ1n) is 12.9. The van der Waals surface area contributed by atoms with E-state index in [1.54, 1.807) is 48.5 Å². The Bertz CT molecular complexity index is 1560. The number of hydrogen-bond acceptors (Lipinski definition) is 10. The molecule has 0 fully saturated rings. The summed E-state index contributed by atoms with van der Waals surface area (Å²) < 4.78 is 66.6. The van der Waals surface area contributed by atoms with Crippen molar-refractivity contribution in [1.82, 2.24) is 20.0 Å². The summed E-state index contributed by atoms with van der Waals surface area (Å²) in [6, 6.07) is 13.4. The number of nitrogens with zero attached hydrogens (tertiary/aromatic N) is 4. The van der Waals surface area contributed by atoms with E-state index in [0.29, 0.717) is 30.6 Å². The lowest BCUT2D eigenvalue weighted by atomic mass is 10.0. The molecule has 0 aliphatic carbocycles. The van der Waals surface area contributed by atoms with Crippen molar-refractivity contribution >= 4 is 20.0 Å². The Labute approximate surface area is 237 Å². The molecule has 14 nitrogen and oxygen atoms in total. The summed E-state index contributed by atoms with van der Waals surface area (Å²) in [5.41, 5.74) is 2.36. The van der Waals surface area contributed by atoms with Crippen molar-refractivity contribution in [1.29, 1.82) is 0 Å². The van der Waals surface area contributed by atoms with Gasteiger partial charge in [0.25, 0.3) is 0 Å². The van der Waals surface area contributed by atoms with E-state index in [0.717, 1.165) is 33.3 Å². The Balaban J connectivity index is 1.50. The molecule has 2 aromatic heterocycles. The summed E-state index contributed by atoms with van der Waals surface area (Å²) in [6.45, 7) is 4.19. The number of aromatic nitrogens is 4. The Morgan fingerprint density at radius 3 is 1.39 bits per heavy atom. The van der Waals surface area contributed by atoms with E-state index in [1.807, 2.05) is 13.8 Å². The smallest absolute Gasteiger partial charge is 0.368 e. The van der Waals surface area contributed by atoms with Crippen molar-refractivity contribution < 1.29 is 45.5 Å². The second-order valence-electron chi connectivity index (χ2n) is 9.17. The predicted octanol–water partition coefficient (Wildman–Crippen LogP) is 0.111. The van der Waals surface area contributed by atoms with Crippen LogP contribution in [-0.4, -0.2) is 40.5 Å². The monoisotopic (exact) mass is 606 g/mol. The second-order valence-corrected chi connectivity index (χ2v) is 12.5. The molecule has 0 aliphatic rings. The zero-order chi connectivity index (χ0) is 29.6. The van der Waals surface area contributed by atoms with Crippen LogP contribution in [0.5, 0.6) is 11.9 Å². The highest BCUT2D eigenvalue weighted by Gasteiger charge is 2.34. The molecule has 4 rings (SSSR count). The van der Waals surface area contributed by atoms with Gasteiger partial charge in [0.2, 0.25) is 11.4 Å². The van der Waals surface area contributed by atoms with Crippen molar-refractivity contribution in [2.75, 3.05) is 13.1 Å². The lowest BCUT2D eigenvalue weighted by Crippen LogP contribution is -2.42. The molecule has 16 heteroatoms. The van der Waals surface area contributed by atoms with E-state index in [9.17, 15) is 27.0 Å². The fraction of sp³-hybridized carbons (Fsp3) is 0.360. The van der Waals surface area contributed by atoms with Crippen molar-refractivity contribution in [3.8, 4) is 23.3 Å². The molecule has 0 bridgehead atoms. The first kappa shape index (κ1) is 30.1. The normalized spacial score (nSPS) is 12.1. The third kappa shape index (κ3) is 6.90. The van der Waals surface area contributed by atoms with Gasteiger partial charge in [-0.2, -0.15) is 0 Å². The van der Waals surface area contributed by atoms with Gasteiger partial charge in [0.15, 0.2) is 11.9 Å². The minimum absolute atomic E-state index is 0.182. The summed E-state index contributed by atoms with van der Waals surface area (Å²) in [6.07, 6.45) is 3.25. The van der Waals surface area contributed by atoms with E-state index in [1.165, 1.54) is 0 Å². The summed E-state index contributed by atoms with van der Waals surface area (Å²) in [4.78, 5) is 0. The number of hydrogen-bond donors (Lipinski definition) is 2. The van der Waals surface area contributed by atoms with Gasteiger partial charge in [-0.15, -0.1) is 0 Å². The highest BCUT2D eigenvalue weighted by molar-refractivity contribution is 7.89. The first-order valence-corrected chi connectivity index (χ1v) is 15.9. The van der Waals surface area contributed by atoms with Crippen LogP contribution in [0.2, 0.25) is 0 Å². The fourth-order valence-electron chi connectivity index (χ4n) is 3.91. The maximum Gasteiger partial charge on any atom is 0.368 e. The van der Waals surface area contributed by atoms with Crippen molar-refractivity contribution in [2.24, 2.45) is 0 Å². The van der Waals surface area contributed by atoms with Crippen LogP contribution in [-0.2, 0) is 26.5 Å². The van der Waals surface area contributed by atoms with Gasteiger partial charge in [0.05, 0.1) is 10.5 Å². The zero-order valence-electron chi connectivity index (χ0n) is 22.4. The van der Waals surface area contributed by atoms with Gasteiger partial charge in [-0.25, -0.2) is 26.3 Å². The topological polar surface area (TPSA) is 198 Å². The van der Waals surface area contributed by atoms with E-state index in [4.69, 9.17) is 0 Å². The van der Waals surface area contributed by atoms with E-state index in [-0.39, 0.29) is 13.1 Å². The molecule has 0 atom stereocenters. The third-order valence-electron chi connectivity index (χ3n) is 6.07. The second kappa shape index (κ2) is 12.8. The van der Waals surface area contributed by atoms with Crippen molar-refractivity contribution in [3.63, 3.8) is 0 Å². The summed E-state index contributed by atoms with van der Waals surface area (Å²) in [5.74, 6) is -2.14. The molecule has 0 saturated carbocycles. The van der Waals surface area contributed by atoms with Crippen LogP contribution in [0.3, 0.4) is 0 Å². The minimum Gasteiger partial charge on any atom is -0.538 e. The lowest BCUT2D eigenvalue weighted by molar-refractivity contribution is -0.706. The third-order valence-corrected chi connectivity index (χ3v) is 8.93. The molecule has 0 saturated heterocycles. The number of rotatable bonds is 14. The molecule has 0 unspecified atom stereocenters. The van der Waals surface area contributed by atoms with Crippen molar-refractivity contribution in [2.45, 2.75) is 56.0 Å². The molecular weight excluding hydrogens is 576 g/mol. The van der Waals surface area contributed by atoms with Gasteiger partial charge in [0.1, 0.15) is 0 Å². The molecule has 0 aliphatic heterocycles. The SMILES string of the molecule is CCCCNS(=O)(=O)c1c([O-])on[n+]1-c1ccc(Cc2ccc(-[n+]3noc([O-])c3S(=O)(=O)NCCCC)cc2)cc1. The Kier molecular flexibility index (Phi) is 9.37. The first-order chi connectivity index (χ1) is 19.6. The molecule has 41 heavy (non-hydrogen) atoms. The molecule has 4 aromatic rings. The van der Waals surface area contributed by atoms with Crippen LogP contribution < -0.4 is 29.0 Å². The number of nitrogens with one attached hydrogen (secondary N) is 2. The Hall–Kier alpha value is -3.86. The molecule has 0 radical (unpaired) electrons. The van der Waals surface area contributed by atoms with Crippen LogP contribution in [0.25, 0.3) is 11.4 Å². The highest BCUT2D eigenvalue weighted by atomic mass is 32.2. The largest absolute Gasteiger partial charge is 0.538 e. The number of sulfonamides is 2. The van der Waals surface area contributed by atoms with E-state index >= 15 is 0 Å². The molecule has 2 N–H and O–H groups in total. The fourth-order valence-corrected chi connectivity index (χ4v) is 6.25. The molecule has 2 aromatic carbocycles. The Morgan fingerprint density at radius 2 is 1.05 bits per heavy atom. The highest BCUT2D eigenvalue weighted by Crippen LogP contribution is 2.19. The van der Waals surface area contributed by atoms with Crippen LogP contribution in [0.1, 0.15) is 50.7 Å². The van der Waals surface area contributed by atoms with Crippen LogP contribution in [0, 0.1) is 0 Å². The maximum absolute atomic E-state index is 12.7. The average molecular weight is 607 g/mol. The number of unbranched alkanes of at least 4 members (excludes halogenated alkanes) is 2. The zero-order valence-corrected chi connectivity index (χ0v) is 24.1.